The van der Waals surface area contributed by atoms with E-state index in [0.717, 1.165) is 44.2 Å². The molecule has 1 aliphatic carbocycles. The molecule has 3 aromatic carbocycles. The van der Waals surface area contributed by atoms with E-state index in [-0.39, 0.29) is 39.5 Å². The number of nitrogens with one attached hydrogen (secondary N) is 2. The summed E-state index contributed by atoms with van der Waals surface area (Å²) in [5.41, 5.74) is 2.09. The van der Waals surface area contributed by atoms with Crippen molar-refractivity contribution in [3.8, 4) is 11.4 Å². The molecule has 6 nitrogen and oxygen atoms in total. The summed E-state index contributed by atoms with van der Waals surface area (Å²) in [5.74, 6) is -0.581. The Balaban J connectivity index is 1.39. The second-order valence-corrected chi connectivity index (χ2v) is 10.5. The fourth-order valence-corrected chi connectivity index (χ4v) is 5.76. The van der Waals surface area contributed by atoms with Gasteiger partial charge in [0, 0.05) is 11.6 Å². The lowest BCUT2D eigenvalue weighted by molar-refractivity contribution is -0.137. The van der Waals surface area contributed by atoms with Crippen LogP contribution >= 0.6 is 11.6 Å². The third-order valence-electron chi connectivity index (χ3n) is 7.43. The molecule has 0 unspecified atom stereocenters. The van der Waals surface area contributed by atoms with Crippen molar-refractivity contribution in [2.75, 3.05) is 5.32 Å². The van der Waals surface area contributed by atoms with Gasteiger partial charge in [0.25, 0.3) is 5.91 Å². The van der Waals surface area contributed by atoms with Gasteiger partial charge in [0.05, 0.1) is 38.2 Å². The molecule has 0 saturated heterocycles. The molecule has 0 radical (unpaired) electrons. The zero-order valence-corrected chi connectivity index (χ0v) is 22.1. The number of aryl methyl sites for hydroxylation is 1. The van der Waals surface area contributed by atoms with Gasteiger partial charge >= 0.3 is 6.18 Å². The Bertz CT molecular complexity index is 1750. The Morgan fingerprint density at radius 1 is 1.05 bits per heavy atom. The molecule has 5 aromatic rings. The first kappa shape index (κ1) is 26.3. The van der Waals surface area contributed by atoms with Crippen LogP contribution < -0.4 is 5.32 Å². The molecule has 1 aliphatic rings. The number of anilines is 1. The molecule has 206 valence electrons. The number of aromatic nitrogens is 4. The molecule has 0 bridgehead atoms. The maximum absolute atomic E-state index is 14.5. The van der Waals surface area contributed by atoms with Crippen LogP contribution in [0.15, 0.2) is 48.5 Å². The SMILES string of the molecule is Cc1cc(C(=O)Nc2nc3cc(C(F)(F)F)ccc3n2C2CCCCC2)cc2nc(-c3c(F)cccc3Cl)[nH]c12. The van der Waals surface area contributed by atoms with Crippen molar-refractivity contribution in [3.63, 3.8) is 0 Å². The Morgan fingerprint density at radius 3 is 2.55 bits per heavy atom. The van der Waals surface area contributed by atoms with Crippen molar-refractivity contribution in [2.24, 2.45) is 0 Å². The zero-order chi connectivity index (χ0) is 28.2. The van der Waals surface area contributed by atoms with Gasteiger partial charge < -0.3 is 9.55 Å². The van der Waals surface area contributed by atoms with E-state index >= 15 is 0 Å². The number of benzene rings is 3. The minimum absolute atomic E-state index is 0.00872. The number of carbonyl (C=O) groups is 1. The summed E-state index contributed by atoms with van der Waals surface area (Å²) >= 11 is 6.21. The van der Waals surface area contributed by atoms with Crippen LogP contribution in [0.3, 0.4) is 0 Å². The number of imidazole rings is 2. The molecular weight excluding hydrogens is 546 g/mol. The standard InChI is InChI=1S/C29H24ClF4N5O/c1-15-12-16(13-22-25(15)37-26(35-22)24-19(30)8-5-9-20(24)31)27(40)38-28-36-21-14-17(29(32,33)34)10-11-23(21)39(28)18-6-3-2-4-7-18/h5,8-14,18H,2-4,6-7H2,1H3,(H,35,37)(H,36,38,40). The van der Waals surface area contributed by atoms with Gasteiger partial charge in [-0.15, -0.1) is 0 Å². The van der Waals surface area contributed by atoms with Gasteiger partial charge in [0.1, 0.15) is 11.6 Å². The van der Waals surface area contributed by atoms with Gasteiger partial charge in [0.2, 0.25) is 5.95 Å². The third-order valence-corrected chi connectivity index (χ3v) is 7.75. The monoisotopic (exact) mass is 569 g/mol. The molecule has 2 aromatic heterocycles. The maximum atomic E-state index is 14.5. The van der Waals surface area contributed by atoms with E-state index in [0.29, 0.717) is 22.1 Å². The Morgan fingerprint density at radius 2 is 1.82 bits per heavy atom. The van der Waals surface area contributed by atoms with Crippen LogP contribution in [0.2, 0.25) is 5.02 Å². The highest BCUT2D eigenvalue weighted by Crippen LogP contribution is 2.37. The number of fused-ring (bicyclic) bond motifs is 2. The average Bonchev–Trinajstić information content (AvgIpc) is 3.49. The third kappa shape index (κ3) is 4.70. The van der Waals surface area contributed by atoms with Gasteiger partial charge in [0.15, 0.2) is 0 Å². The smallest absolute Gasteiger partial charge is 0.338 e. The maximum Gasteiger partial charge on any atom is 0.416 e. The van der Waals surface area contributed by atoms with E-state index in [2.05, 4.69) is 20.3 Å². The van der Waals surface area contributed by atoms with Crippen molar-refractivity contribution in [1.82, 2.24) is 19.5 Å². The highest BCUT2D eigenvalue weighted by molar-refractivity contribution is 6.33. The fraction of sp³-hybridized carbons (Fsp3) is 0.276. The van der Waals surface area contributed by atoms with Crippen molar-refractivity contribution < 1.29 is 22.4 Å². The zero-order valence-electron chi connectivity index (χ0n) is 21.4. The number of nitrogens with zero attached hydrogens (tertiary/aromatic N) is 3. The van der Waals surface area contributed by atoms with Gasteiger partial charge in [-0.2, -0.15) is 13.2 Å². The molecule has 1 fully saturated rings. The predicted octanol–water partition coefficient (Wildman–Crippen LogP) is 8.46. The minimum atomic E-state index is -4.51. The lowest BCUT2D eigenvalue weighted by Crippen LogP contribution is -2.20. The second-order valence-electron chi connectivity index (χ2n) is 10.1. The van der Waals surface area contributed by atoms with Crippen LogP contribution in [0, 0.1) is 12.7 Å². The largest absolute Gasteiger partial charge is 0.416 e. The number of aromatic amines is 1. The Hall–Kier alpha value is -3.92. The Kier molecular flexibility index (Phi) is 6.53. The highest BCUT2D eigenvalue weighted by Gasteiger charge is 2.32. The quantitative estimate of drug-likeness (QED) is 0.213. The van der Waals surface area contributed by atoms with Gasteiger partial charge in [-0.05, 0) is 67.8 Å². The van der Waals surface area contributed by atoms with E-state index in [9.17, 15) is 22.4 Å². The average molecular weight is 570 g/mol. The number of rotatable bonds is 4. The summed E-state index contributed by atoms with van der Waals surface area (Å²) in [6, 6.07) is 11.1. The van der Waals surface area contributed by atoms with Crippen LogP contribution in [-0.2, 0) is 6.18 Å². The van der Waals surface area contributed by atoms with E-state index < -0.39 is 23.5 Å². The summed E-state index contributed by atoms with van der Waals surface area (Å²) in [4.78, 5) is 25.5. The second kappa shape index (κ2) is 9.92. The summed E-state index contributed by atoms with van der Waals surface area (Å²) in [6.07, 6.45) is 0.244. The number of halogens is 5. The lowest BCUT2D eigenvalue weighted by Gasteiger charge is -2.25. The van der Waals surface area contributed by atoms with E-state index in [1.807, 2.05) is 4.57 Å². The molecule has 6 rings (SSSR count). The van der Waals surface area contributed by atoms with Crippen LogP contribution in [0.4, 0.5) is 23.5 Å². The number of amides is 1. The summed E-state index contributed by atoms with van der Waals surface area (Å²) < 4.78 is 56.5. The van der Waals surface area contributed by atoms with E-state index in [1.165, 1.54) is 18.2 Å². The molecule has 0 aliphatic heterocycles. The predicted molar refractivity (Wildman–Crippen MR) is 146 cm³/mol. The first-order valence-electron chi connectivity index (χ1n) is 13.0. The van der Waals surface area contributed by atoms with E-state index in [4.69, 9.17) is 11.6 Å². The van der Waals surface area contributed by atoms with Gasteiger partial charge in [-0.25, -0.2) is 14.4 Å². The molecule has 11 heteroatoms. The van der Waals surface area contributed by atoms with Crippen molar-refractivity contribution in [2.45, 2.75) is 51.2 Å². The molecule has 1 amide bonds. The topological polar surface area (TPSA) is 75.6 Å². The molecule has 0 atom stereocenters. The van der Waals surface area contributed by atoms with Crippen molar-refractivity contribution in [1.29, 1.82) is 0 Å². The minimum Gasteiger partial charge on any atom is -0.338 e. The molecular formula is C29H24ClF4N5O. The normalized spacial score (nSPS) is 14.8. The van der Waals surface area contributed by atoms with Crippen LogP contribution in [0.1, 0.15) is 59.6 Å². The summed E-state index contributed by atoms with van der Waals surface area (Å²) in [6.45, 7) is 1.79. The molecule has 1 saturated carbocycles. The molecule has 0 spiro atoms. The molecule has 40 heavy (non-hydrogen) atoms. The first-order valence-corrected chi connectivity index (χ1v) is 13.3. The Labute approximate surface area is 231 Å². The number of hydrogen-bond acceptors (Lipinski definition) is 3. The van der Waals surface area contributed by atoms with Crippen molar-refractivity contribution >= 4 is 45.5 Å². The van der Waals surface area contributed by atoms with E-state index in [1.54, 1.807) is 25.1 Å². The van der Waals surface area contributed by atoms with Gasteiger partial charge in [-0.3, -0.25) is 10.1 Å². The summed E-state index contributed by atoms with van der Waals surface area (Å²) in [5, 5.41) is 3.03. The van der Waals surface area contributed by atoms with Crippen LogP contribution in [0.25, 0.3) is 33.5 Å². The number of carbonyl (C=O) groups excluding carboxylic acids is 1. The van der Waals surface area contributed by atoms with Crippen molar-refractivity contribution in [3.05, 3.63) is 76.1 Å². The highest BCUT2D eigenvalue weighted by atomic mass is 35.5. The lowest BCUT2D eigenvalue weighted by atomic mass is 9.95. The van der Waals surface area contributed by atoms with Gasteiger partial charge in [-0.1, -0.05) is 36.9 Å². The summed E-state index contributed by atoms with van der Waals surface area (Å²) in [7, 11) is 0. The number of H-pyrrole nitrogens is 1. The number of hydrogen-bond donors (Lipinski definition) is 2. The van der Waals surface area contributed by atoms with Crippen LogP contribution in [0.5, 0.6) is 0 Å². The van der Waals surface area contributed by atoms with Crippen LogP contribution in [-0.4, -0.2) is 25.4 Å². The number of alkyl halides is 3. The molecule has 2 N–H and O–H groups in total. The molecule has 2 heterocycles. The first-order chi connectivity index (χ1) is 19.1. The fourth-order valence-electron chi connectivity index (χ4n) is 5.51.